The van der Waals surface area contributed by atoms with E-state index in [0.29, 0.717) is 62.8 Å². The van der Waals surface area contributed by atoms with Crippen molar-refractivity contribution in [3.05, 3.63) is 54.4 Å². The summed E-state index contributed by atoms with van der Waals surface area (Å²) >= 11 is 0. The summed E-state index contributed by atoms with van der Waals surface area (Å²) in [5.74, 6) is -0.143. The lowest BCUT2D eigenvalue weighted by Crippen LogP contribution is -2.40. The Morgan fingerprint density at radius 2 is 1.69 bits per heavy atom. The molecule has 0 radical (unpaired) electrons. The molecule has 0 saturated carbocycles. The van der Waals surface area contributed by atoms with Gasteiger partial charge in [-0.1, -0.05) is 35.5 Å². The number of amides is 1. The second-order valence-electron chi connectivity index (χ2n) is 8.13. The van der Waals surface area contributed by atoms with Crippen molar-refractivity contribution in [1.29, 1.82) is 0 Å². The van der Waals surface area contributed by atoms with E-state index in [1.54, 1.807) is 27.9 Å². The summed E-state index contributed by atoms with van der Waals surface area (Å²) in [5.41, 5.74) is 0.318. The standard InChI is InChI=1S/C22H25N5O4S/c28-22(25-11-13-31-14-12-25)21-16-27(24-23-21)19-7-9-26(10-8-19)32(29,30)20-6-5-17-3-1-2-4-18(17)15-20/h1-6,15-16,19H,7-14H2. The van der Waals surface area contributed by atoms with Gasteiger partial charge in [-0.3, -0.25) is 4.79 Å². The number of rotatable bonds is 4. The minimum absolute atomic E-state index is 0.0109. The molecular formula is C22H25N5O4S. The van der Waals surface area contributed by atoms with Crippen molar-refractivity contribution in [1.82, 2.24) is 24.2 Å². The zero-order valence-corrected chi connectivity index (χ0v) is 18.4. The Hall–Kier alpha value is -2.82. The summed E-state index contributed by atoms with van der Waals surface area (Å²) in [6, 6.07) is 13.0. The molecule has 2 aromatic carbocycles. The van der Waals surface area contributed by atoms with Crippen LogP contribution in [0.25, 0.3) is 10.8 Å². The topological polar surface area (TPSA) is 97.6 Å². The number of aromatic nitrogens is 3. The van der Waals surface area contributed by atoms with Gasteiger partial charge in [0.1, 0.15) is 0 Å². The Labute approximate surface area is 186 Å². The van der Waals surface area contributed by atoms with Crippen LogP contribution in [0, 0.1) is 0 Å². The van der Waals surface area contributed by atoms with Crippen molar-refractivity contribution in [2.75, 3.05) is 39.4 Å². The minimum atomic E-state index is -3.57. The van der Waals surface area contributed by atoms with Gasteiger partial charge in [0.05, 0.1) is 30.3 Å². The lowest BCUT2D eigenvalue weighted by Gasteiger charge is -2.31. The maximum absolute atomic E-state index is 13.2. The molecule has 9 nitrogen and oxygen atoms in total. The van der Waals surface area contributed by atoms with Crippen LogP contribution >= 0.6 is 0 Å². The fourth-order valence-corrected chi connectivity index (χ4v) is 5.81. The molecule has 3 heterocycles. The van der Waals surface area contributed by atoms with Gasteiger partial charge in [0.25, 0.3) is 5.91 Å². The molecule has 1 amide bonds. The Kier molecular flexibility index (Phi) is 5.66. The molecule has 10 heteroatoms. The molecule has 2 aliphatic rings. The molecule has 0 unspecified atom stereocenters. The first kappa shape index (κ1) is 21.0. The van der Waals surface area contributed by atoms with Gasteiger partial charge in [-0.2, -0.15) is 4.31 Å². The van der Waals surface area contributed by atoms with Crippen molar-refractivity contribution in [2.45, 2.75) is 23.8 Å². The zero-order chi connectivity index (χ0) is 22.1. The highest BCUT2D eigenvalue weighted by molar-refractivity contribution is 7.89. The second-order valence-corrected chi connectivity index (χ2v) is 10.1. The van der Waals surface area contributed by atoms with E-state index in [0.717, 1.165) is 10.8 Å². The Morgan fingerprint density at radius 1 is 0.969 bits per heavy atom. The van der Waals surface area contributed by atoms with Crippen LogP contribution in [0.5, 0.6) is 0 Å². The van der Waals surface area contributed by atoms with Crippen molar-refractivity contribution in [3.8, 4) is 0 Å². The highest BCUT2D eigenvalue weighted by Crippen LogP contribution is 2.28. The molecule has 0 N–H and O–H groups in total. The molecular weight excluding hydrogens is 430 g/mol. The van der Waals surface area contributed by atoms with E-state index >= 15 is 0 Å². The number of benzene rings is 2. The highest BCUT2D eigenvalue weighted by atomic mass is 32.2. The van der Waals surface area contributed by atoms with Gasteiger partial charge in [-0.05, 0) is 35.7 Å². The predicted molar refractivity (Wildman–Crippen MR) is 118 cm³/mol. The van der Waals surface area contributed by atoms with E-state index in [4.69, 9.17) is 4.74 Å². The maximum Gasteiger partial charge on any atom is 0.276 e. The summed E-state index contributed by atoms with van der Waals surface area (Å²) in [6.07, 6.45) is 2.90. The van der Waals surface area contributed by atoms with Crippen LogP contribution in [-0.4, -0.2) is 77.9 Å². The number of hydrogen-bond donors (Lipinski definition) is 0. The molecule has 3 aromatic rings. The molecule has 5 rings (SSSR count). The first-order chi connectivity index (χ1) is 15.5. The number of morpholine rings is 1. The van der Waals surface area contributed by atoms with Gasteiger partial charge in [0.2, 0.25) is 10.0 Å². The summed E-state index contributed by atoms with van der Waals surface area (Å²) in [4.78, 5) is 14.6. The SMILES string of the molecule is O=C(c1cn(C2CCN(S(=O)(=O)c3ccc4ccccc4c3)CC2)nn1)N1CCOCC1. The first-order valence-corrected chi connectivity index (χ1v) is 12.2. The van der Waals surface area contributed by atoms with E-state index in [1.165, 1.54) is 4.31 Å². The third-order valence-corrected chi connectivity index (χ3v) is 8.08. The molecule has 0 spiro atoms. The number of carbonyl (C=O) groups is 1. The molecule has 1 aromatic heterocycles. The van der Waals surface area contributed by atoms with Crippen LogP contribution in [0.1, 0.15) is 29.4 Å². The molecule has 0 atom stereocenters. The molecule has 2 aliphatic heterocycles. The van der Waals surface area contributed by atoms with Gasteiger partial charge in [0, 0.05) is 26.2 Å². The summed E-state index contributed by atoms with van der Waals surface area (Å²) in [5, 5.41) is 10.1. The average molecular weight is 456 g/mol. The zero-order valence-electron chi connectivity index (χ0n) is 17.6. The second kappa shape index (κ2) is 8.61. The van der Waals surface area contributed by atoms with Crippen LogP contribution < -0.4 is 0 Å². The van der Waals surface area contributed by atoms with Gasteiger partial charge in [-0.15, -0.1) is 5.10 Å². The van der Waals surface area contributed by atoms with Gasteiger partial charge in [-0.25, -0.2) is 13.1 Å². The molecule has 2 fully saturated rings. The normalized spacial score (nSPS) is 18.8. The van der Waals surface area contributed by atoms with E-state index in [-0.39, 0.29) is 11.9 Å². The lowest BCUT2D eigenvalue weighted by atomic mass is 10.1. The van der Waals surface area contributed by atoms with E-state index < -0.39 is 10.0 Å². The largest absolute Gasteiger partial charge is 0.378 e. The number of fused-ring (bicyclic) bond motifs is 1. The Morgan fingerprint density at radius 3 is 2.44 bits per heavy atom. The lowest BCUT2D eigenvalue weighted by molar-refractivity contribution is 0.0299. The number of carbonyl (C=O) groups excluding carboxylic acids is 1. The molecule has 0 aliphatic carbocycles. The number of hydrogen-bond acceptors (Lipinski definition) is 6. The van der Waals surface area contributed by atoms with Crippen LogP contribution in [0.4, 0.5) is 0 Å². The van der Waals surface area contributed by atoms with E-state index in [9.17, 15) is 13.2 Å². The van der Waals surface area contributed by atoms with Crippen LogP contribution in [-0.2, 0) is 14.8 Å². The number of sulfonamides is 1. The van der Waals surface area contributed by atoms with Crippen molar-refractivity contribution in [2.24, 2.45) is 0 Å². The maximum atomic E-state index is 13.2. The van der Waals surface area contributed by atoms with Crippen LogP contribution in [0.2, 0.25) is 0 Å². The number of nitrogens with zero attached hydrogens (tertiary/aromatic N) is 5. The molecule has 168 valence electrons. The molecule has 0 bridgehead atoms. The first-order valence-electron chi connectivity index (χ1n) is 10.8. The minimum Gasteiger partial charge on any atom is -0.378 e. The Balaban J connectivity index is 1.25. The number of piperidine rings is 1. The quantitative estimate of drug-likeness (QED) is 0.596. The summed E-state index contributed by atoms with van der Waals surface area (Å²) in [6.45, 7) is 2.96. The summed E-state index contributed by atoms with van der Waals surface area (Å²) < 4.78 is 34.9. The van der Waals surface area contributed by atoms with Gasteiger partial charge < -0.3 is 9.64 Å². The fourth-order valence-electron chi connectivity index (χ4n) is 4.31. The third-order valence-electron chi connectivity index (χ3n) is 6.18. The highest BCUT2D eigenvalue weighted by Gasteiger charge is 2.31. The molecule has 32 heavy (non-hydrogen) atoms. The van der Waals surface area contributed by atoms with Crippen molar-refractivity contribution < 1.29 is 17.9 Å². The predicted octanol–water partition coefficient (Wildman–Crippen LogP) is 1.93. The fraction of sp³-hybridized carbons (Fsp3) is 0.409. The smallest absolute Gasteiger partial charge is 0.276 e. The van der Waals surface area contributed by atoms with Crippen molar-refractivity contribution in [3.63, 3.8) is 0 Å². The van der Waals surface area contributed by atoms with Crippen LogP contribution in [0.15, 0.2) is 53.6 Å². The van der Waals surface area contributed by atoms with E-state index in [1.807, 2.05) is 30.3 Å². The summed E-state index contributed by atoms with van der Waals surface area (Å²) in [7, 11) is -3.57. The monoisotopic (exact) mass is 455 g/mol. The average Bonchev–Trinajstić information content (AvgIpc) is 3.34. The third kappa shape index (κ3) is 4.01. The van der Waals surface area contributed by atoms with Crippen molar-refractivity contribution >= 4 is 26.7 Å². The van der Waals surface area contributed by atoms with Gasteiger partial charge in [0.15, 0.2) is 5.69 Å². The van der Waals surface area contributed by atoms with E-state index in [2.05, 4.69) is 10.3 Å². The Bertz CT molecular complexity index is 1230. The number of ether oxygens (including phenoxy) is 1. The van der Waals surface area contributed by atoms with Gasteiger partial charge >= 0.3 is 0 Å². The van der Waals surface area contributed by atoms with Crippen LogP contribution in [0.3, 0.4) is 0 Å². The molecule has 2 saturated heterocycles.